The normalized spacial score (nSPS) is 18.7. The minimum atomic E-state index is -0.677. The Morgan fingerprint density at radius 1 is 0.839 bits per heavy atom. The van der Waals surface area contributed by atoms with Crippen LogP contribution in [0.25, 0.3) is 0 Å². The number of hydrogen-bond acceptors (Lipinski definition) is 10. The lowest BCUT2D eigenvalue weighted by Gasteiger charge is -2.32. The van der Waals surface area contributed by atoms with Gasteiger partial charge in [0.25, 0.3) is 0 Å². The van der Waals surface area contributed by atoms with Gasteiger partial charge in [0.1, 0.15) is 0 Å². The van der Waals surface area contributed by atoms with Gasteiger partial charge in [-0.1, -0.05) is 19.3 Å². The van der Waals surface area contributed by atoms with E-state index >= 15 is 0 Å². The van der Waals surface area contributed by atoms with Crippen molar-refractivity contribution < 1.29 is 14.6 Å². The Morgan fingerprint density at radius 2 is 1.48 bits per heavy atom. The lowest BCUT2D eigenvalue weighted by atomic mass is 9.85. The fourth-order valence-electron chi connectivity index (χ4n) is 4.03. The van der Waals surface area contributed by atoms with Crippen molar-refractivity contribution in [3.05, 3.63) is 0 Å². The highest BCUT2D eigenvalue weighted by Gasteiger charge is 2.29. The quantitative estimate of drug-likeness (QED) is 0.336. The van der Waals surface area contributed by atoms with E-state index < -0.39 is 5.60 Å². The summed E-state index contributed by atoms with van der Waals surface area (Å²) in [4.78, 5) is 16.0. The Bertz CT molecular complexity index is 637. The topological polar surface area (TPSA) is 131 Å². The summed E-state index contributed by atoms with van der Waals surface area (Å²) in [7, 11) is 0. The van der Waals surface area contributed by atoms with E-state index in [0.717, 1.165) is 51.6 Å². The van der Waals surface area contributed by atoms with Gasteiger partial charge in [0.2, 0.25) is 17.8 Å². The molecule has 0 unspecified atom stereocenters. The molecule has 10 heteroatoms. The van der Waals surface area contributed by atoms with Crippen LogP contribution in [-0.2, 0) is 9.47 Å². The van der Waals surface area contributed by atoms with Gasteiger partial charge in [-0.25, -0.2) is 0 Å². The highest BCUT2D eigenvalue weighted by Crippen LogP contribution is 2.28. The summed E-state index contributed by atoms with van der Waals surface area (Å²) >= 11 is 0. The molecule has 1 aromatic rings. The lowest BCUT2D eigenvalue weighted by Crippen LogP contribution is -2.39. The molecule has 1 aliphatic carbocycles. The standard InChI is InChI=1S/C21H39N7O3/c22-9-13-30-15-16-31-14-10-23-18-25-19(24-17-21(29)7-3-1-4-8-21)27-20(26-18)28-11-5-2-6-12-28/h29H,1-17,22H2,(H2,23,24,25,26,27). The molecule has 2 fully saturated rings. The summed E-state index contributed by atoms with van der Waals surface area (Å²) in [5, 5.41) is 17.3. The second-order valence-electron chi connectivity index (χ2n) is 8.41. The summed E-state index contributed by atoms with van der Waals surface area (Å²) in [6, 6.07) is 0. The van der Waals surface area contributed by atoms with E-state index in [1.54, 1.807) is 0 Å². The van der Waals surface area contributed by atoms with Gasteiger partial charge >= 0.3 is 0 Å². The number of aliphatic hydroxyl groups is 1. The van der Waals surface area contributed by atoms with Crippen molar-refractivity contribution in [2.24, 2.45) is 5.73 Å². The van der Waals surface area contributed by atoms with Crippen LogP contribution in [0, 0.1) is 0 Å². The van der Waals surface area contributed by atoms with E-state index in [1.165, 1.54) is 12.8 Å². The molecule has 1 aromatic heterocycles. The summed E-state index contributed by atoms with van der Waals surface area (Å²) < 4.78 is 10.9. The van der Waals surface area contributed by atoms with Gasteiger partial charge in [-0.05, 0) is 32.1 Å². The molecule has 2 heterocycles. The van der Waals surface area contributed by atoms with Crippen LogP contribution in [0.15, 0.2) is 0 Å². The molecule has 0 aromatic carbocycles. The molecule has 3 rings (SSSR count). The average molecular weight is 438 g/mol. The van der Waals surface area contributed by atoms with Gasteiger partial charge in [-0.3, -0.25) is 0 Å². The van der Waals surface area contributed by atoms with Gasteiger partial charge in [0.05, 0.1) is 32.0 Å². The molecule has 2 aliphatic rings. The zero-order chi connectivity index (χ0) is 21.8. The minimum absolute atomic E-state index is 0.460. The maximum atomic E-state index is 10.8. The molecule has 0 radical (unpaired) electrons. The van der Waals surface area contributed by atoms with E-state index in [-0.39, 0.29) is 0 Å². The maximum Gasteiger partial charge on any atom is 0.231 e. The maximum absolute atomic E-state index is 10.8. The smallest absolute Gasteiger partial charge is 0.231 e. The van der Waals surface area contributed by atoms with Crippen molar-refractivity contribution in [1.29, 1.82) is 0 Å². The molecule has 31 heavy (non-hydrogen) atoms. The summed E-state index contributed by atoms with van der Waals surface area (Å²) in [5.41, 5.74) is 4.71. The van der Waals surface area contributed by atoms with Crippen LogP contribution in [-0.4, -0.2) is 84.8 Å². The molecule has 10 nitrogen and oxygen atoms in total. The van der Waals surface area contributed by atoms with Crippen LogP contribution < -0.4 is 21.3 Å². The molecular weight excluding hydrogens is 398 g/mol. The minimum Gasteiger partial charge on any atom is -0.388 e. The number of nitrogens with two attached hydrogens (primary N) is 1. The highest BCUT2D eigenvalue weighted by atomic mass is 16.5. The van der Waals surface area contributed by atoms with Crippen molar-refractivity contribution >= 4 is 17.8 Å². The third-order valence-corrected chi connectivity index (χ3v) is 5.79. The number of rotatable bonds is 13. The molecule has 5 N–H and O–H groups in total. The van der Waals surface area contributed by atoms with Gasteiger partial charge in [0, 0.05) is 32.7 Å². The largest absolute Gasteiger partial charge is 0.388 e. The first-order chi connectivity index (χ1) is 15.2. The van der Waals surface area contributed by atoms with E-state index in [4.69, 9.17) is 15.2 Å². The van der Waals surface area contributed by atoms with Crippen molar-refractivity contribution in [1.82, 2.24) is 15.0 Å². The number of nitrogens with zero attached hydrogens (tertiary/aromatic N) is 4. The molecule has 0 atom stereocenters. The number of aromatic nitrogens is 3. The second kappa shape index (κ2) is 12.9. The monoisotopic (exact) mass is 437 g/mol. The third kappa shape index (κ3) is 8.36. The molecule has 1 aliphatic heterocycles. The zero-order valence-electron chi connectivity index (χ0n) is 18.7. The predicted molar refractivity (Wildman–Crippen MR) is 122 cm³/mol. The number of piperidine rings is 1. The van der Waals surface area contributed by atoms with Gasteiger partial charge in [-0.15, -0.1) is 0 Å². The number of hydrogen-bond donors (Lipinski definition) is 4. The number of anilines is 3. The Hall–Kier alpha value is -1.75. The average Bonchev–Trinajstić information content (AvgIpc) is 2.80. The first-order valence-electron chi connectivity index (χ1n) is 11.8. The van der Waals surface area contributed by atoms with Crippen molar-refractivity contribution in [2.45, 2.75) is 57.0 Å². The molecule has 0 amide bonds. The lowest BCUT2D eigenvalue weighted by molar-refractivity contribution is 0.0166. The molecular formula is C21H39N7O3. The Labute approximate surface area is 185 Å². The zero-order valence-corrected chi connectivity index (χ0v) is 18.7. The molecule has 0 bridgehead atoms. The van der Waals surface area contributed by atoms with E-state index in [9.17, 15) is 5.11 Å². The first kappa shape index (κ1) is 23.9. The number of nitrogens with one attached hydrogen (secondary N) is 2. The van der Waals surface area contributed by atoms with Crippen LogP contribution in [0.2, 0.25) is 0 Å². The van der Waals surface area contributed by atoms with Crippen LogP contribution in [0.4, 0.5) is 17.8 Å². The summed E-state index contributed by atoms with van der Waals surface area (Å²) in [6.07, 6.45) is 8.52. The number of ether oxygens (including phenoxy) is 2. The van der Waals surface area contributed by atoms with Crippen molar-refractivity contribution in [2.75, 3.05) is 74.7 Å². The Morgan fingerprint density at radius 3 is 2.19 bits per heavy atom. The Kier molecular flexibility index (Phi) is 9.98. The van der Waals surface area contributed by atoms with Crippen molar-refractivity contribution in [3.63, 3.8) is 0 Å². The second-order valence-corrected chi connectivity index (χ2v) is 8.41. The fraction of sp³-hybridized carbons (Fsp3) is 0.857. The Balaban J connectivity index is 1.54. The fourth-order valence-corrected chi connectivity index (χ4v) is 4.03. The predicted octanol–water partition coefficient (Wildman–Crippen LogP) is 1.37. The molecule has 1 saturated carbocycles. The van der Waals surface area contributed by atoms with E-state index in [0.29, 0.717) is 63.9 Å². The van der Waals surface area contributed by atoms with Gasteiger partial charge in [-0.2, -0.15) is 15.0 Å². The highest BCUT2D eigenvalue weighted by molar-refractivity contribution is 5.44. The third-order valence-electron chi connectivity index (χ3n) is 5.79. The summed E-state index contributed by atoms with van der Waals surface area (Å²) in [5.74, 6) is 1.72. The molecule has 176 valence electrons. The molecule has 1 saturated heterocycles. The van der Waals surface area contributed by atoms with Crippen LogP contribution in [0.5, 0.6) is 0 Å². The molecule has 0 spiro atoms. The SMILES string of the molecule is NCCOCCOCCNc1nc(NCC2(O)CCCCC2)nc(N2CCCCC2)n1. The first-order valence-corrected chi connectivity index (χ1v) is 11.8. The van der Waals surface area contributed by atoms with Crippen LogP contribution in [0.3, 0.4) is 0 Å². The van der Waals surface area contributed by atoms with Crippen molar-refractivity contribution in [3.8, 4) is 0 Å². The van der Waals surface area contributed by atoms with Gasteiger partial charge < -0.3 is 35.8 Å². The van der Waals surface area contributed by atoms with E-state index in [2.05, 4.69) is 30.5 Å². The van der Waals surface area contributed by atoms with Crippen LogP contribution in [0.1, 0.15) is 51.4 Å². The van der Waals surface area contributed by atoms with E-state index in [1.807, 2.05) is 0 Å². The van der Waals surface area contributed by atoms with Gasteiger partial charge in [0.15, 0.2) is 0 Å². The van der Waals surface area contributed by atoms with Crippen LogP contribution >= 0.6 is 0 Å². The summed E-state index contributed by atoms with van der Waals surface area (Å²) in [6.45, 7) is 5.63.